The molecule has 2 aromatic carbocycles. The molecular formula is C22H29NO2. The van der Waals surface area contributed by atoms with Crippen molar-refractivity contribution in [2.24, 2.45) is 0 Å². The van der Waals surface area contributed by atoms with Crippen LogP contribution in [0.4, 0.5) is 0 Å². The van der Waals surface area contributed by atoms with Crippen molar-refractivity contribution in [2.75, 3.05) is 32.8 Å². The van der Waals surface area contributed by atoms with E-state index in [1.54, 1.807) is 0 Å². The molecular weight excluding hydrogens is 310 g/mol. The summed E-state index contributed by atoms with van der Waals surface area (Å²) in [5.41, 5.74) is 1.35. The molecule has 3 rings (SSSR count). The minimum absolute atomic E-state index is 0.0362. The van der Waals surface area contributed by atoms with E-state index in [0.29, 0.717) is 0 Å². The molecule has 0 saturated carbocycles. The third-order valence-electron chi connectivity index (χ3n) is 5.23. The van der Waals surface area contributed by atoms with Crippen LogP contribution in [0.15, 0.2) is 60.7 Å². The van der Waals surface area contributed by atoms with Crippen LogP contribution in [-0.2, 0) is 10.3 Å². The van der Waals surface area contributed by atoms with Gasteiger partial charge in [0, 0.05) is 25.6 Å². The van der Waals surface area contributed by atoms with Gasteiger partial charge in [-0.25, -0.2) is 0 Å². The Kier molecular flexibility index (Phi) is 6.24. The third kappa shape index (κ3) is 4.30. The molecule has 134 valence electrons. The largest absolute Gasteiger partial charge is 0.384 e. The number of ether oxygens (including phenoxy) is 1. The van der Waals surface area contributed by atoms with Gasteiger partial charge in [-0.3, -0.25) is 4.90 Å². The first-order chi connectivity index (χ1) is 12.2. The maximum atomic E-state index is 11.9. The summed E-state index contributed by atoms with van der Waals surface area (Å²) >= 11 is 0. The lowest BCUT2D eigenvalue weighted by Gasteiger charge is -2.41. The first kappa shape index (κ1) is 18.1. The fourth-order valence-corrected chi connectivity index (χ4v) is 3.89. The Morgan fingerprint density at radius 1 is 1.00 bits per heavy atom. The molecule has 3 nitrogen and oxygen atoms in total. The lowest BCUT2D eigenvalue weighted by molar-refractivity contribution is -0.0285. The van der Waals surface area contributed by atoms with Gasteiger partial charge >= 0.3 is 0 Å². The predicted molar refractivity (Wildman–Crippen MR) is 102 cm³/mol. The topological polar surface area (TPSA) is 32.7 Å². The van der Waals surface area contributed by atoms with E-state index in [1.807, 2.05) is 24.3 Å². The van der Waals surface area contributed by atoms with Gasteiger partial charge in [0.15, 0.2) is 0 Å². The summed E-state index contributed by atoms with van der Waals surface area (Å²) in [5, 5.41) is 11.9. The second kappa shape index (κ2) is 8.61. The Balaban J connectivity index is 1.97. The van der Waals surface area contributed by atoms with Crippen LogP contribution >= 0.6 is 0 Å². The highest BCUT2D eigenvalue weighted by Gasteiger charge is 2.39. The van der Waals surface area contributed by atoms with E-state index in [-0.39, 0.29) is 5.92 Å². The highest BCUT2D eigenvalue weighted by Crippen LogP contribution is 2.41. The fraction of sp³-hybridized carbons (Fsp3) is 0.455. The summed E-state index contributed by atoms with van der Waals surface area (Å²) in [5.74, 6) is 0.0362. The summed E-state index contributed by atoms with van der Waals surface area (Å²) in [6.45, 7) is 6.40. The number of hydrogen-bond donors (Lipinski definition) is 1. The Morgan fingerprint density at radius 2 is 1.60 bits per heavy atom. The number of benzene rings is 2. The molecule has 1 saturated heterocycles. The molecule has 2 atom stereocenters. The number of aliphatic hydroxyl groups is 1. The summed E-state index contributed by atoms with van der Waals surface area (Å²) < 4.78 is 5.50. The molecule has 0 aromatic heterocycles. The molecule has 0 spiro atoms. The summed E-state index contributed by atoms with van der Waals surface area (Å²) in [4.78, 5) is 2.42. The van der Waals surface area contributed by atoms with Crippen LogP contribution in [0.3, 0.4) is 0 Å². The maximum absolute atomic E-state index is 11.9. The van der Waals surface area contributed by atoms with Crippen molar-refractivity contribution >= 4 is 0 Å². The average Bonchev–Trinajstić information content (AvgIpc) is 2.68. The van der Waals surface area contributed by atoms with Gasteiger partial charge in [0.2, 0.25) is 0 Å². The van der Waals surface area contributed by atoms with E-state index in [9.17, 15) is 5.11 Å². The zero-order chi connectivity index (χ0) is 17.5. The first-order valence-corrected chi connectivity index (χ1v) is 9.37. The van der Waals surface area contributed by atoms with E-state index < -0.39 is 5.60 Å². The summed E-state index contributed by atoms with van der Waals surface area (Å²) in [6, 6.07) is 20.6. The van der Waals surface area contributed by atoms with Gasteiger partial charge < -0.3 is 9.84 Å². The van der Waals surface area contributed by atoms with Crippen molar-refractivity contribution in [3.63, 3.8) is 0 Å². The SMILES string of the molecule is CCC[C@@](O)(c1ccccc1)[C@H](CN1CCOCC1)c1ccccc1. The van der Waals surface area contributed by atoms with E-state index in [4.69, 9.17) is 4.74 Å². The molecule has 1 aliphatic heterocycles. The number of nitrogens with zero attached hydrogens (tertiary/aromatic N) is 1. The van der Waals surface area contributed by atoms with Crippen LogP contribution < -0.4 is 0 Å². The minimum atomic E-state index is -0.865. The maximum Gasteiger partial charge on any atom is 0.0976 e. The molecule has 0 bridgehead atoms. The summed E-state index contributed by atoms with van der Waals surface area (Å²) in [7, 11) is 0. The standard InChI is InChI=1S/C22H29NO2/c1-2-13-22(24,20-11-7-4-8-12-20)21(19-9-5-3-6-10-19)18-23-14-16-25-17-15-23/h3-12,21,24H,2,13-18H2,1H3/t21-,22-/m1/s1. The lowest BCUT2D eigenvalue weighted by atomic mass is 9.74. The van der Waals surface area contributed by atoms with E-state index >= 15 is 0 Å². The number of hydrogen-bond acceptors (Lipinski definition) is 3. The van der Waals surface area contributed by atoms with Gasteiger partial charge in [-0.05, 0) is 17.5 Å². The normalized spacial score (nSPS) is 19.3. The van der Waals surface area contributed by atoms with Crippen LogP contribution in [0, 0.1) is 0 Å². The smallest absolute Gasteiger partial charge is 0.0976 e. The second-order valence-electron chi connectivity index (χ2n) is 6.92. The molecule has 2 aromatic rings. The van der Waals surface area contributed by atoms with Gasteiger partial charge in [-0.2, -0.15) is 0 Å². The first-order valence-electron chi connectivity index (χ1n) is 9.37. The van der Waals surface area contributed by atoms with Gasteiger partial charge in [0.1, 0.15) is 0 Å². The molecule has 0 amide bonds. The Labute approximate surface area is 151 Å². The number of morpholine rings is 1. The number of rotatable bonds is 7. The van der Waals surface area contributed by atoms with Crippen molar-refractivity contribution in [1.29, 1.82) is 0 Å². The Hall–Kier alpha value is -1.68. The third-order valence-corrected chi connectivity index (χ3v) is 5.23. The van der Waals surface area contributed by atoms with Crippen molar-refractivity contribution in [1.82, 2.24) is 4.90 Å². The lowest BCUT2D eigenvalue weighted by Crippen LogP contribution is -2.45. The van der Waals surface area contributed by atoms with Crippen LogP contribution in [0.2, 0.25) is 0 Å². The van der Waals surface area contributed by atoms with Crippen LogP contribution in [-0.4, -0.2) is 42.9 Å². The molecule has 0 radical (unpaired) electrons. The van der Waals surface area contributed by atoms with Crippen LogP contribution in [0.5, 0.6) is 0 Å². The molecule has 3 heteroatoms. The molecule has 1 N–H and O–H groups in total. The van der Waals surface area contributed by atoms with Gasteiger partial charge in [0.25, 0.3) is 0 Å². The van der Waals surface area contributed by atoms with Gasteiger partial charge in [-0.1, -0.05) is 74.0 Å². The Bertz CT molecular complexity index is 625. The fourth-order valence-electron chi connectivity index (χ4n) is 3.89. The Morgan fingerprint density at radius 3 is 2.20 bits per heavy atom. The molecule has 1 aliphatic rings. The van der Waals surface area contributed by atoms with E-state index in [0.717, 1.165) is 51.3 Å². The van der Waals surface area contributed by atoms with E-state index in [1.165, 1.54) is 5.56 Å². The molecule has 1 fully saturated rings. The monoisotopic (exact) mass is 339 g/mol. The average molecular weight is 339 g/mol. The zero-order valence-corrected chi connectivity index (χ0v) is 15.1. The predicted octanol–water partition coefficient (Wildman–Crippen LogP) is 3.79. The minimum Gasteiger partial charge on any atom is -0.384 e. The van der Waals surface area contributed by atoms with Gasteiger partial charge in [-0.15, -0.1) is 0 Å². The molecule has 1 heterocycles. The van der Waals surface area contributed by atoms with Crippen LogP contribution in [0.25, 0.3) is 0 Å². The van der Waals surface area contributed by atoms with Gasteiger partial charge in [0.05, 0.1) is 18.8 Å². The zero-order valence-electron chi connectivity index (χ0n) is 15.1. The van der Waals surface area contributed by atoms with Crippen molar-refractivity contribution < 1.29 is 9.84 Å². The summed E-state index contributed by atoms with van der Waals surface area (Å²) in [6.07, 6.45) is 1.69. The van der Waals surface area contributed by atoms with Crippen molar-refractivity contribution in [2.45, 2.75) is 31.3 Å². The second-order valence-corrected chi connectivity index (χ2v) is 6.92. The van der Waals surface area contributed by atoms with Crippen LogP contribution in [0.1, 0.15) is 36.8 Å². The quantitative estimate of drug-likeness (QED) is 0.833. The van der Waals surface area contributed by atoms with Crippen molar-refractivity contribution in [3.8, 4) is 0 Å². The van der Waals surface area contributed by atoms with Crippen molar-refractivity contribution in [3.05, 3.63) is 71.8 Å². The highest BCUT2D eigenvalue weighted by molar-refractivity contribution is 5.31. The molecule has 0 aliphatic carbocycles. The highest BCUT2D eigenvalue weighted by atomic mass is 16.5. The molecule has 0 unspecified atom stereocenters. The van der Waals surface area contributed by atoms with E-state index in [2.05, 4.69) is 48.2 Å². The molecule has 25 heavy (non-hydrogen) atoms.